The zero-order valence-electron chi connectivity index (χ0n) is 19.4. The molecule has 8 heteroatoms. The number of fused-ring (bicyclic) bond motifs is 1. The van der Waals surface area contributed by atoms with E-state index in [9.17, 15) is 14.4 Å². The fourth-order valence-electron chi connectivity index (χ4n) is 3.74. The second kappa shape index (κ2) is 11.1. The topological polar surface area (TPSA) is 88.2 Å². The third-order valence-electron chi connectivity index (χ3n) is 5.61. The average Bonchev–Trinajstić information content (AvgIpc) is 2.72. The molecule has 0 spiro atoms. The monoisotopic (exact) mass is 433 g/mol. The smallest absolute Gasteiger partial charge is 0.257 e. The van der Waals surface area contributed by atoms with Gasteiger partial charge in [0.2, 0.25) is 11.8 Å². The van der Waals surface area contributed by atoms with Gasteiger partial charge in [0.25, 0.3) is 5.91 Å². The Labute approximate surface area is 184 Å². The van der Waals surface area contributed by atoms with Crippen molar-refractivity contribution < 1.29 is 23.9 Å². The van der Waals surface area contributed by atoms with E-state index in [-0.39, 0.29) is 42.4 Å². The molecule has 0 unspecified atom stereocenters. The highest BCUT2D eigenvalue weighted by atomic mass is 16.5. The molecule has 1 aromatic carbocycles. The van der Waals surface area contributed by atoms with Gasteiger partial charge in [0.1, 0.15) is 12.4 Å². The Morgan fingerprint density at radius 3 is 2.58 bits per heavy atom. The number of nitrogens with zero attached hydrogens (tertiary/aromatic N) is 2. The molecule has 1 heterocycles. The lowest BCUT2D eigenvalue weighted by Gasteiger charge is -2.35. The second-order valence-corrected chi connectivity index (χ2v) is 8.28. The molecule has 1 aromatic rings. The Morgan fingerprint density at radius 1 is 1.26 bits per heavy atom. The van der Waals surface area contributed by atoms with Crippen molar-refractivity contribution in [1.29, 1.82) is 0 Å². The largest absolute Gasteiger partial charge is 0.491 e. The molecule has 0 saturated heterocycles. The highest BCUT2D eigenvalue weighted by Gasteiger charge is 2.29. The molecule has 1 aliphatic heterocycles. The minimum Gasteiger partial charge on any atom is -0.491 e. The number of methoxy groups -OCH3 is 1. The second-order valence-electron chi connectivity index (χ2n) is 8.28. The average molecular weight is 434 g/mol. The summed E-state index contributed by atoms with van der Waals surface area (Å²) in [4.78, 5) is 40.9. The molecular formula is C23H35N3O5. The molecule has 31 heavy (non-hydrogen) atoms. The van der Waals surface area contributed by atoms with Crippen LogP contribution in [0.3, 0.4) is 0 Å². The molecular weight excluding hydrogens is 398 g/mol. The van der Waals surface area contributed by atoms with Gasteiger partial charge < -0.3 is 24.6 Å². The van der Waals surface area contributed by atoms with Gasteiger partial charge in [-0.25, -0.2) is 0 Å². The first-order valence-electron chi connectivity index (χ1n) is 10.8. The molecule has 0 saturated carbocycles. The first-order valence-corrected chi connectivity index (χ1v) is 10.8. The summed E-state index contributed by atoms with van der Waals surface area (Å²) in [6.45, 7) is 8.54. The Bertz CT molecular complexity index is 797. The Morgan fingerprint density at radius 2 is 1.97 bits per heavy atom. The first kappa shape index (κ1) is 24.7. The molecule has 172 valence electrons. The quantitative estimate of drug-likeness (QED) is 0.789. The highest BCUT2D eigenvalue weighted by Crippen LogP contribution is 2.26. The Balaban J connectivity index is 2.42. The molecule has 0 fully saturated rings. The lowest BCUT2D eigenvalue weighted by molar-refractivity contribution is -0.133. The minimum atomic E-state index is -0.237. The van der Waals surface area contributed by atoms with E-state index < -0.39 is 0 Å². The number of rotatable bonds is 4. The Hall–Kier alpha value is -2.61. The van der Waals surface area contributed by atoms with Crippen LogP contribution < -0.4 is 10.1 Å². The molecule has 8 nitrogen and oxygen atoms in total. The first-order chi connectivity index (χ1) is 14.7. The van der Waals surface area contributed by atoms with Gasteiger partial charge in [-0.05, 0) is 31.5 Å². The summed E-state index contributed by atoms with van der Waals surface area (Å²) in [7, 11) is 3.33. The number of anilines is 1. The summed E-state index contributed by atoms with van der Waals surface area (Å²) in [5.41, 5.74) is 0.908. The normalized spacial score (nSPS) is 22.6. The van der Waals surface area contributed by atoms with Crippen molar-refractivity contribution in [3.8, 4) is 5.75 Å². The van der Waals surface area contributed by atoms with Crippen LogP contribution in [-0.4, -0.2) is 73.5 Å². The van der Waals surface area contributed by atoms with E-state index in [1.54, 1.807) is 49.1 Å². The molecule has 0 radical (unpaired) electrons. The van der Waals surface area contributed by atoms with Gasteiger partial charge >= 0.3 is 0 Å². The summed E-state index contributed by atoms with van der Waals surface area (Å²) in [6, 6.07) is 4.88. The highest BCUT2D eigenvalue weighted by molar-refractivity contribution is 5.99. The number of ether oxygens (including phenoxy) is 2. The zero-order chi connectivity index (χ0) is 23.1. The lowest BCUT2D eigenvalue weighted by atomic mass is 10.0. The van der Waals surface area contributed by atoms with Gasteiger partial charge in [-0.3, -0.25) is 14.4 Å². The summed E-state index contributed by atoms with van der Waals surface area (Å²) in [5, 5.41) is 2.83. The third kappa shape index (κ3) is 6.43. The van der Waals surface area contributed by atoms with Crippen molar-refractivity contribution in [3.63, 3.8) is 0 Å². The minimum absolute atomic E-state index is 0.0187. The Kier molecular flexibility index (Phi) is 8.86. The fourth-order valence-corrected chi connectivity index (χ4v) is 3.74. The zero-order valence-corrected chi connectivity index (χ0v) is 19.4. The molecule has 3 amide bonds. The molecule has 1 N–H and O–H groups in total. The predicted molar refractivity (Wildman–Crippen MR) is 119 cm³/mol. The van der Waals surface area contributed by atoms with Crippen LogP contribution in [-0.2, 0) is 14.3 Å². The van der Waals surface area contributed by atoms with Crippen LogP contribution in [0.15, 0.2) is 18.2 Å². The van der Waals surface area contributed by atoms with Gasteiger partial charge in [-0.2, -0.15) is 0 Å². The van der Waals surface area contributed by atoms with E-state index in [0.717, 1.165) is 6.42 Å². The predicted octanol–water partition coefficient (Wildman–Crippen LogP) is 2.78. The summed E-state index contributed by atoms with van der Waals surface area (Å²) in [6.07, 6.45) is 0.912. The molecule has 1 aliphatic rings. The number of hydrogen-bond donors (Lipinski definition) is 1. The van der Waals surface area contributed by atoms with Crippen LogP contribution in [0.2, 0.25) is 0 Å². The summed E-state index contributed by atoms with van der Waals surface area (Å²) >= 11 is 0. The maximum Gasteiger partial charge on any atom is 0.257 e. The van der Waals surface area contributed by atoms with E-state index in [0.29, 0.717) is 36.5 Å². The standard InChI is InChI=1S/C23H35N3O5/c1-7-8-22(28)24-18-9-10-20-19(11-18)23(29)25(5)13-21(30-6)15(2)12-26(17(4)27)16(3)14-31-20/h9-11,15-16,21H,7-8,12-14H2,1-6H3,(H,24,28)/t15-,16+,21-/m0/s1. The molecule has 0 aliphatic carbocycles. The number of carbonyl (C=O) groups is 3. The van der Waals surface area contributed by atoms with Crippen LogP contribution in [0.4, 0.5) is 5.69 Å². The maximum absolute atomic E-state index is 13.3. The lowest BCUT2D eigenvalue weighted by Crippen LogP contribution is -2.48. The van der Waals surface area contributed by atoms with Crippen molar-refractivity contribution in [1.82, 2.24) is 9.80 Å². The van der Waals surface area contributed by atoms with Gasteiger partial charge in [0.05, 0.1) is 17.7 Å². The van der Waals surface area contributed by atoms with Crippen molar-refractivity contribution in [2.45, 2.75) is 52.7 Å². The molecule has 3 atom stereocenters. The number of likely N-dealkylation sites (N-methyl/N-ethyl adjacent to an activating group) is 1. The van der Waals surface area contributed by atoms with Crippen molar-refractivity contribution in [2.24, 2.45) is 5.92 Å². The van der Waals surface area contributed by atoms with Crippen LogP contribution in [0, 0.1) is 5.92 Å². The van der Waals surface area contributed by atoms with Crippen molar-refractivity contribution in [3.05, 3.63) is 23.8 Å². The molecule has 0 aromatic heterocycles. The van der Waals surface area contributed by atoms with E-state index in [4.69, 9.17) is 9.47 Å². The number of hydrogen-bond acceptors (Lipinski definition) is 5. The van der Waals surface area contributed by atoms with Crippen LogP contribution in [0.1, 0.15) is 50.9 Å². The third-order valence-corrected chi connectivity index (χ3v) is 5.61. The van der Waals surface area contributed by atoms with E-state index in [2.05, 4.69) is 5.32 Å². The van der Waals surface area contributed by atoms with Gasteiger partial charge in [-0.15, -0.1) is 0 Å². The van der Waals surface area contributed by atoms with E-state index in [1.165, 1.54) is 0 Å². The van der Waals surface area contributed by atoms with E-state index in [1.807, 2.05) is 20.8 Å². The molecule has 0 bridgehead atoms. The van der Waals surface area contributed by atoms with Crippen LogP contribution >= 0.6 is 0 Å². The number of benzene rings is 1. The van der Waals surface area contributed by atoms with Crippen molar-refractivity contribution in [2.75, 3.05) is 39.2 Å². The van der Waals surface area contributed by atoms with Gasteiger partial charge in [0, 0.05) is 52.2 Å². The van der Waals surface area contributed by atoms with Gasteiger partial charge in [0.15, 0.2) is 0 Å². The SMILES string of the molecule is CCCC(=O)Nc1ccc2c(c1)C(=O)N(C)C[C@H](OC)[C@@H](C)CN(C(C)=O)[C@H](C)CO2. The van der Waals surface area contributed by atoms with Crippen molar-refractivity contribution >= 4 is 23.4 Å². The van der Waals surface area contributed by atoms with E-state index >= 15 is 0 Å². The fraction of sp³-hybridized carbons (Fsp3) is 0.609. The number of nitrogens with one attached hydrogen (secondary N) is 1. The van der Waals surface area contributed by atoms with Crippen LogP contribution in [0.5, 0.6) is 5.75 Å². The number of carbonyl (C=O) groups excluding carboxylic acids is 3. The van der Waals surface area contributed by atoms with Crippen LogP contribution in [0.25, 0.3) is 0 Å². The maximum atomic E-state index is 13.3. The van der Waals surface area contributed by atoms with Gasteiger partial charge in [-0.1, -0.05) is 13.8 Å². The summed E-state index contributed by atoms with van der Waals surface area (Å²) in [5.74, 6) is 0.0887. The number of amides is 3. The summed E-state index contributed by atoms with van der Waals surface area (Å²) < 4.78 is 11.6. The molecule has 2 rings (SSSR count).